The molecule has 0 bridgehead atoms. The summed E-state index contributed by atoms with van der Waals surface area (Å²) in [5, 5.41) is 12.0. The van der Waals surface area contributed by atoms with E-state index >= 15 is 0 Å². The first-order chi connectivity index (χ1) is 20.1. The molecule has 1 aliphatic carbocycles. The van der Waals surface area contributed by atoms with Gasteiger partial charge in [0.05, 0.1) is 36.3 Å². The molecule has 216 valence electrons. The third kappa shape index (κ3) is 5.84. The second-order valence-corrected chi connectivity index (χ2v) is 10.2. The van der Waals surface area contributed by atoms with Gasteiger partial charge in [0.2, 0.25) is 5.91 Å². The Morgan fingerprint density at radius 1 is 1.21 bits per heavy atom. The summed E-state index contributed by atoms with van der Waals surface area (Å²) < 4.78 is 46.8. The maximum Gasteiger partial charge on any atom is 0.416 e. The zero-order chi connectivity index (χ0) is 30.0. The zero-order valence-electron chi connectivity index (χ0n) is 21.7. The number of benzene rings is 1. The molecule has 3 heterocycles. The van der Waals surface area contributed by atoms with Crippen LogP contribution in [0.2, 0.25) is 5.02 Å². The Hall–Kier alpha value is -4.70. The number of hydrogen-bond acceptors (Lipinski definition) is 7. The first-order valence-corrected chi connectivity index (χ1v) is 13.1. The lowest BCUT2D eigenvalue weighted by atomic mass is 9.87. The normalized spacial score (nSPS) is 18.7. The van der Waals surface area contributed by atoms with Crippen molar-refractivity contribution in [2.45, 2.75) is 43.3 Å². The van der Waals surface area contributed by atoms with Crippen molar-refractivity contribution in [3.8, 4) is 6.07 Å². The van der Waals surface area contributed by atoms with Gasteiger partial charge in [0.25, 0.3) is 11.8 Å². The van der Waals surface area contributed by atoms with Gasteiger partial charge in [-0.25, -0.2) is 27.8 Å². The molecular weight excluding hydrogens is 577 g/mol. The summed E-state index contributed by atoms with van der Waals surface area (Å²) in [5.41, 5.74) is 0.118. The fourth-order valence-corrected chi connectivity index (χ4v) is 5.16. The maximum absolute atomic E-state index is 14.5. The molecule has 5 rings (SSSR count). The second kappa shape index (κ2) is 11.7. The summed E-state index contributed by atoms with van der Waals surface area (Å²) in [6.45, 7) is -0.168. The molecule has 0 spiro atoms. The molecule has 42 heavy (non-hydrogen) atoms. The number of nitrogens with zero attached hydrogens (tertiary/aromatic N) is 5. The number of cyclic esters (lactones) is 1. The van der Waals surface area contributed by atoms with Gasteiger partial charge in [-0.1, -0.05) is 29.8 Å². The summed E-state index contributed by atoms with van der Waals surface area (Å²) in [5.74, 6) is -5.54. The fourth-order valence-electron chi connectivity index (χ4n) is 4.92. The highest BCUT2D eigenvalue weighted by atomic mass is 35.5. The molecule has 1 N–H and O–H groups in total. The number of ether oxygens (including phenoxy) is 1. The maximum atomic E-state index is 14.5. The zero-order valence-corrected chi connectivity index (χ0v) is 22.5. The minimum absolute atomic E-state index is 0.0615. The number of alkyl halides is 2. The molecule has 1 saturated carbocycles. The van der Waals surface area contributed by atoms with Crippen LogP contribution in [0.25, 0.3) is 0 Å². The van der Waals surface area contributed by atoms with Gasteiger partial charge in [-0.15, -0.1) is 0 Å². The van der Waals surface area contributed by atoms with Crippen LogP contribution in [-0.2, 0) is 14.3 Å². The van der Waals surface area contributed by atoms with Crippen molar-refractivity contribution >= 4 is 41.0 Å². The SMILES string of the molecule is N#Cc1ccnc(N2C(=O)OCCC2C(=O)N(c2cncc(F)c2)[C@H](C(=O)NC2CC(F)(F)C2)c2ccccc2Cl)c1. The number of carbonyl (C=O) groups excluding carboxylic acids is 3. The van der Waals surface area contributed by atoms with E-state index in [9.17, 15) is 32.8 Å². The lowest BCUT2D eigenvalue weighted by Crippen LogP contribution is -2.58. The van der Waals surface area contributed by atoms with Crippen LogP contribution in [0.3, 0.4) is 0 Å². The van der Waals surface area contributed by atoms with Crippen LogP contribution in [-0.4, -0.2) is 52.5 Å². The van der Waals surface area contributed by atoms with E-state index in [0.717, 1.165) is 28.3 Å². The third-order valence-corrected chi connectivity index (χ3v) is 7.22. The average Bonchev–Trinajstić information content (AvgIpc) is 2.95. The highest BCUT2D eigenvalue weighted by Crippen LogP contribution is 2.39. The molecule has 3 aromatic rings. The number of nitrogens with one attached hydrogen (secondary N) is 1. The van der Waals surface area contributed by atoms with Crippen LogP contribution in [0, 0.1) is 17.1 Å². The van der Waals surface area contributed by atoms with Crippen molar-refractivity contribution in [3.05, 3.63) is 83.0 Å². The first kappa shape index (κ1) is 28.8. The predicted octanol–water partition coefficient (Wildman–Crippen LogP) is 4.54. The molecule has 2 aromatic heterocycles. The van der Waals surface area contributed by atoms with Gasteiger partial charge in [-0.05, 0) is 18.2 Å². The van der Waals surface area contributed by atoms with Gasteiger partial charge in [0.15, 0.2) is 0 Å². The summed E-state index contributed by atoms with van der Waals surface area (Å²) >= 11 is 6.47. The summed E-state index contributed by atoms with van der Waals surface area (Å²) in [6, 6.07) is 7.91. The number of halogens is 4. The van der Waals surface area contributed by atoms with E-state index in [0.29, 0.717) is 0 Å². The molecule has 1 unspecified atom stereocenters. The monoisotopic (exact) mass is 598 g/mol. The molecule has 3 amide bonds. The summed E-state index contributed by atoms with van der Waals surface area (Å²) in [6.07, 6.45) is 1.15. The van der Waals surface area contributed by atoms with Gasteiger partial charge in [-0.2, -0.15) is 5.26 Å². The number of aromatic nitrogens is 2. The number of pyridine rings is 2. The Morgan fingerprint density at radius 2 is 1.98 bits per heavy atom. The molecule has 10 nitrogen and oxygen atoms in total. The van der Waals surface area contributed by atoms with Crippen LogP contribution >= 0.6 is 11.6 Å². The standard InChI is InChI=1S/C28H22ClF3N6O4/c29-21-4-2-1-3-20(21)24(25(39)36-18-11-28(31,32)12-18)37(19-10-17(30)14-34-15-19)26(40)22-6-8-42-27(41)38(22)23-9-16(13-33)5-7-35-23/h1-5,7,9-10,14-15,18,22,24H,6,8,11-12H2,(H,36,39)/t22?,24-/m0/s1. The smallest absolute Gasteiger partial charge is 0.416 e. The highest BCUT2D eigenvalue weighted by molar-refractivity contribution is 6.31. The molecule has 1 aliphatic heterocycles. The molecule has 1 saturated heterocycles. The van der Waals surface area contributed by atoms with Gasteiger partial charge < -0.3 is 10.1 Å². The summed E-state index contributed by atoms with van der Waals surface area (Å²) in [7, 11) is 0. The van der Waals surface area contributed by atoms with Crippen molar-refractivity contribution in [1.29, 1.82) is 5.26 Å². The Bertz CT molecular complexity index is 1580. The van der Waals surface area contributed by atoms with E-state index in [1.54, 1.807) is 12.1 Å². The van der Waals surface area contributed by atoms with E-state index in [-0.39, 0.29) is 40.7 Å². The van der Waals surface area contributed by atoms with Crippen LogP contribution in [0.15, 0.2) is 61.1 Å². The van der Waals surface area contributed by atoms with Gasteiger partial charge in [0, 0.05) is 48.2 Å². The van der Waals surface area contributed by atoms with Crippen LogP contribution in [0.4, 0.5) is 29.5 Å². The van der Waals surface area contributed by atoms with Crippen LogP contribution in [0.5, 0.6) is 0 Å². The van der Waals surface area contributed by atoms with E-state index in [1.807, 2.05) is 6.07 Å². The lowest BCUT2D eigenvalue weighted by Gasteiger charge is -2.40. The van der Waals surface area contributed by atoms with Gasteiger partial charge in [0.1, 0.15) is 23.7 Å². The Balaban J connectivity index is 1.62. The first-order valence-electron chi connectivity index (χ1n) is 12.8. The largest absolute Gasteiger partial charge is 0.449 e. The molecular formula is C28H22ClF3N6O4. The van der Waals surface area contributed by atoms with Crippen molar-refractivity contribution in [2.24, 2.45) is 0 Å². The number of rotatable bonds is 7. The highest BCUT2D eigenvalue weighted by Gasteiger charge is 2.48. The molecule has 2 fully saturated rings. The number of hydrogen-bond donors (Lipinski definition) is 1. The minimum atomic E-state index is -2.94. The Labute approximate surface area is 242 Å². The molecule has 0 radical (unpaired) electrons. The number of anilines is 2. The molecule has 2 atom stereocenters. The quantitative estimate of drug-likeness (QED) is 0.423. The third-order valence-electron chi connectivity index (χ3n) is 6.88. The molecule has 14 heteroatoms. The van der Waals surface area contributed by atoms with E-state index < -0.39 is 60.6 Å². The number of carbonyl (C=O) groups is 3. The molecule has 2 aliphatic rings. The number of nitriles is 1. The van der Waals surface area contributed by atoms with Crippen LogP contribution in [0.1, 0.15) is 36.4 Å². The van der Waals surface area contributed by atoms with Crippen molar-refractivity contribution in [3.63, 3.8) is 0 Å². The van der Waals surface area contributed by atoms with Gasteiger partial charge >= 0.3 is 6.09 Å². The van der Waals surface area contributed by atoms with E-state index in [2.05, 4.69) is 15.3 Å². The Morgan fingerprint density at radius 3 is 2.67 bits per heavy atom. The minimum Gasteiger partial charge on any atom is -0.449 e. The van der Waals surface area contributed by atoms with Crippen LogP contribution < -0.4 is 15.1 Å². The molecule has 1 aromatic carbocycles. The van der Waals surface area contributed by atoms with E-state index in [1.165, 1.54) is 30.5 Å². The second-order valence-electron chi connectivity index (χ2n) is 9.77. The lowest BCUT2D eigenvalue weighted by molar-refractivity contribution is -0.133. The van der Waals surface area contributed by atoms with E-state index in [4.69, 9.17) is 16.3 Å². The fraction of sp³-hybridized carbons (Fsp3) is 0.286. The topological polar surface area (TPSA) is 129 Å². The van der Waals surface area contributed by atoms with Gasteiger partial charge in [-0.3, -0.25) is 19.5 Å². The number of amides is 3. The predicted molar refractivity (Wildman–Crippen MR) is 143 cm³/mol. The van der Waals surface area contributed by atoms with Crippen molar-refractivity contribution in [2.75, 3.05) is 16.4 Å². The average molecular weight is 599 g/mol. The Kier molecular flexibility index (Phi) is 8.00. The van der Waals surface area contributed by atoms with Crippen molar-refractivity contribution in [1.82, 2.24) is 15.3 Å². The summed E-state index contributed by atoms with van der Waals surface area (Å²) in [4.78, 5) is 51.1. The van der Waals surface area contributed by atoms with Crippen molar-refractivity contribution < 1.29 is 32.3 Å².